The minimum atomic E-state index is -0.104. The molecule has 2 N–H and O–H groups in total. The molecule has 0 radical (unpaired) electrons. The van der Waals surface area contributed by atoms with Crippen molar-refractivity contribution in [2.24, 2.45) is 5.73 Å². The molecule has 0 fully saturated rings. The monoisotopic (exact) mass is 288 g/mol. The maximum Gasteiger partial charge on any atom is 0.0589 e. The van der Waals surface area contributed by atoms with E-state index < -0.39 is 0 Å². The molecule has 2 nitrogen and oxygen atoms in total. The number of rotatable bonds is 3. The molecule has 1 aromatic carbocycles. The second-order valence-electron chi connectivity index (χ2n) is 6.16. The van der Waals surface area contributed by atoms with Gasteiger partial charge in [0.15, 0.2) is 0 Å². The van der Waals surface area contributed by atoms with E-state index in [-0.39, 0.29) is 11.5 Å². The van der Waals surface area contributed by atoms with Crippen molar-refractivity contribution >= 4 is 11.6 Å². The lowest BCUT2D eigenvalue weighted by molar-refractivity contribution is 0.589. The maximum absolute atomic E-state index is 6.20. The van der Waals surface area contributed by atoms with Crippen LogP contribution in [-0.2, 0) is 11.8 Å². The molecule has 0 aliphatic carbocycles. The van der Waals surface area contributed by atoms with Crippen LogP contribution in [0.2, 0.25) is 5.02 Å². The Morgan fingerprint density at radius 1 is 1.10 bits per heavy atom. The van der Waals surface area contributed by atoms with Gasteiger partial charge in [-0.05, 0) is 35.1 Å². The summed E-state index contributed by atoms with van der Waals surface area (Å²) in [5, 5.41) is 0.635. The first-order valence-corrected chi connectivity index (χ1v) is 7.20. The van der Waals surface area contributed by atoms with Crippen LogP contribution < -0.4 is 5.73 Å². The van der Waals surface area contributed by atoms with E-state index in [2.05, 4.69) is 50.0 Å². The summed E-state index contributed by atoms with van der Waals surface area (Å²) in [4.78, 5) is 4.27. The molecule has 1 aromatic heterocycles. The van der Waals surface area contributed by atoms with Crippen molar-refractivity contribution in [1.29, 1.82) is 0 Å². The third-order valence-corrected chi connectivity index (χ3v) is 3.63. The Bertz CT molecular complexity index is 553. The molecule has 2 aromatic rings. The van der Waals surface area contributed by atoms with Gasteiger partial charge < -0.3 is 5.73 Å². The van der Waals surface area contributed by atoms with Crippen molar-refractivity contribution in [3.8, 4) is 0 Å². The first kappa shape index (κ1) is 15.0. The summed E-state index contributed by atoms with van der Waals surface area (Å²) in [6, 6.07) is 12.3. The number of hydrogen-bond donors (Lipinski definition) is 1. The van der Waals surface area contributed by atoms with Crippen molar-refractivity contribution < 1.29 is 0 Å². The van der Waals surface area contributed by atoms with E-state index in [1.165, 1.54) is 11.1 Å². The fourth-order valence-corrected chi connectivity index (χ4v) is 2.22. The van der Waals surface area contributed by atoms with Crippen molar-refractivity contribution in [2.75, 3.05) is 0 Å². The normalized spacial score (nSPS) is 13.2. The molecule has 0 spiro atoms. The van der Waals surface area contributed by atoms with Crippen molar-refractivity contribution in [3.63, 3.8) is 0 Å². The third kappa shape index (κ3) is 3.81. The maximum atomic E-state index is 6.20. The molecule has 0 amide bonds. The summed E-state index contributed by atoms with van der Waals surface area (Å²) >= 11 is 5.83. The highest BCUT2D eigenvalue weighted by Crippen LogP contribution is 2.23. The molecule has 0 aliphatic heterocycles. The van der Waals surface area contributed by atoms with Crippen LogP contribution in [0, 0.1) is 0 Å². The predicted octanol–water partition coefficient (Wildman–Crippen LogP) is 4.28. The van der Waals surface area contributed by atoms with E-state index in [0.717, 1.165) is 12.1 Å². The molecule has 1 heterocycles. The molecule has 0 saturated heterocycles. The molecule has 0 aliphatic rings. The smallest absolute Gasteiger partial charge is 0.0589 e. The Morgan fingerprint density at radius 3 is 2.25 bits per heavy atom. The first-order valence-electron chi connectivity index (χ1n) is 6.83. The van der Waals surface area contributed by atoms with Gasteiger partial charge in [0, 0.05) is 6.20 Å². The molecule has 0 saturated carbocycles. The van der Waals surface area contributed by atoms with Gasteiger partial charge in [-0.3, -0.25) is 4.98 Å². The van der Waals surface area contributed by atoms with Gasteiger partial charge in [0.05, 0.1) is 16.8 Å². The largest absolute Gasteiger partial charge is 0.322 e. The molecule has 1 unspecified atom stereocenters. The zero-order valence-corrected chi connectivity index (χ0v) is 13.0. The van der Waals surface area contributed by atoms with Crippen LogP contribution in [-0.4, -0.2) is 4.98 Å². The second kappa shape index (κ2) is 5.94. The SMILES string of the molecule is CC(C)(C)c1ccc(CC(N)c2ccc(Cl)cn2)cc1. The topological polar surface area (TPSA) is 38.9 Å². The van der Waals surface area contributed by atoms with E-state index in [1.54, 1.807) is 6.20 Å². The molecule has 2 rings (SSSR count). The van der Waals surface area contributed by atoms with E-state index in [1.807, 2.05) is 12.1 Å². The minimum Gasteiger partial charge on any atom is -0.322 e. The highest BCUT2D eigenvalue weighted by molar-refractivity contribution is 6.30. The van der Waals surface area contributed by atoms with Crippen molar-refractivity contribution in [1.82, 2.24) is 4.98 Å². The summed E-state index contributed by atoms with van der Waals surface area (Å²) in [5.41, 5.74) is 9.80. The zero-order chi connectivity index (χ0) is 14.8. The first-order chi connectivity index (χ1) is 9.36. The van der Waals surface area contributed by atoms with Gasteiger partial charge in [0.1, 0.15) is 0 Å². The van der Waals surface area contributed by atoms with E-state index in [4.69, 9.17) is 17.3 Å². The van der Waals surface area contributed by atoms with Crippen LogP contribution in [0.5, 0.6) is 0 Å². The Morgan fingerprint density at radius 2 is 1.75 bits per heavy atom. The highest BCUT2D eigenvalue weighted by Gasteiger charge is 2.14. The number of nitrogens with zero attached hydrogens (tertiary/aromatic N) is 1. The summed E-state index contributed by atoms with van der Waals surface area (Å²) in [6.45, 7) is 6.64. The van der Waals surface area contributed by atoms with Crippen LogP contribution in [0.4, 0.5) is 0 Å². The quantitative estimate of drug-likeness (QED) is 0.916. The number of hydrogen-bond acceptors (Lipinski definition) is 2. The molecular weight excluding hydrogens is 268 g/mol. The Hall–Kier alpha value is -1.38. The molecule has 0 bridgehead atoms. The minimum absolute atomic E-state index is 0.104. The van der Waals surface area contributed by atoms with Crippen LogP contribution in [0.25, 0.3) is 0 Å². The Kier molecular flexibility index (Phi) is 4.46. The van der Waals surface area contributed by atoms with Crippen LogP contribution in [0.15, 0.2) is 42.6 Å². The Labute approximate surface area is 126 Å². The van der Waals surface area contributed by atoms with Gasteiger partial charge in [0.25, 0.3) is 0 Å². The Balaban J connectivity index is 2.08. The van der Waals surface area contributed by atoms with Gasteiger partial charge in [-0.2, -0.15) is 0 Å². The van der Waals surface area contributed by atoms with E-state index in [0.29, 0.717) is 5.02 Å². The van der Waals surface area contributed by atoms with Gasteiger partial charge in [-0.1, -0.05) is 56.6 Å². The summed E-state index contributed by atoms with van der Waals surface area (Å²) < 4.78 is 0. The van der Waals surface area contributed by atoms with Crippen LogP contribution in [0.1, 0.15) is 43.6 Å². The fraction of sp³-hybridized carbons (Fsp3) is 0.353. The van der Waals surface area contributed by atoms with Crippen LogP contribution in [0.3, 0.4) is 0 Å². The molecule has 3 heteroatoms. The van der Waals surface area contributed by atoms with Gasteiger partial charge in [-0.25, -0.2) is 0 Å². The van der Waals surface area contributed by atoms with Gasteiger partial charge in [-0.15, -0.1) is 0 Å². The number of benzene rings is 1. The standard InChI is InChI=1S/C17H21ClN2/c1-17(2,3)13-6-4-12(5-7-13)10-15(19)16-9-8-14(18)11-20-16/h4-9,11,15H,10,19H2,1-3H3. The average molecular weight is 289 g/mol. The van der Waals surface area contributed by atoms with Gasteiger partial charge >= 0.3 is 0 Å². The summed E-state index contributed by atoms with van der Waals surface area (Å²) in [7, 11) is 0. The van der Waals surface area contributed by atoms with E-state index in [9.17, 15) is 0 Å². The average Bonchev–Trinajstić information content (AvgIpc) is 2.39. The number of aromatic nitrogens is 1. The lowest BCUT2D eigenvalue weighted by Gasteiger charge is -2.19. The summed E-state index contributed by atoms with van der Waals surface area (Å²) in [5.74, 6) is 0. The molecule has 1 atom stereocenters. The lowest BCUT2D eigenvalue weighted by atomic mass is 9.86. The molecule has 20 heavy (non-hydrogen) atoms. The highest BCUT2D eigenvalue weighted by atomic mass is 35.5. The van der Waals surface area contributed by atoms with Crippen molar-refractivity contribution in [2.45, 2.75) is 38.6 Å². The number of halogens is 1. The summed E-state index contributed by atoms with van der Waals surface area (Å²) in [6.07, 6.45) is 2.42. The zero-order valence-electron chi connectivity index (χ0n) is 12.2. The lowest BCUT2D eigenvalue weighted by Crippen LogP contribution is -2.15. The van der Waals surface area contributed by atoms with E-state index >= 15 is 0 Å². The third-order valence-electron chi connectivity index (χ3n) is 3.41. The van der Waals surface area contributed by atoms with Crippen molar-refractivity contribution in [3.05, 3.63) is 64.4 Å². The molecule has 106 valence electrons. The molecular formula is C17H21ClN2. The number of nitrogens with two attached hydrogens (primary N) is 1. The fourth-order valence-electron chi connectivity index (χ4n) is 2.11. The van der Waals surface area contributed by atoms with Crippen LogP contribution >= 0.6 is 11.6 Å². The number of pyridine rings is 1. The predicted molar refractivity (Wildman–Crippen MR) is 85.0 cm³/mol. The van der Waals surface area contributed by atoms with Gasteiger partial charge in [0.2, 0.25) is 0 Å². The second-order valence-corrected chi connectivity index (χ2v) is 6.60.